The number of nitrogens with two attached hydrogens (primary N) is 5. The topological polar surface area (TPSA) is 421 Å². The van der Waals surface area contributed by atoms with Crippen molar-refractivity contribution in [2.24, 2.45) is 23.3 Å². The van der Waals surface area contributed by atoms with Crippen LogP contribution in [-0.2, 0) is 53.5 Å². The average Bonchev–Trinajstić information content (AvgIpc) is 3.95. The number of nitrogens with one attached hydrogen (secondary N) is 3. The number of carbonyl (C=O) groups excluding carboxylic acids is 2. The standard InChI is InChI=1S/2C13H20N6O4.C8H11N5O3/c2*1-7(2)8(14)12(21)23-4-3-22-6-19-5-16-9-10(19)17-13(15)18-11(9)20;9-8-11-6-5(7(15)12-8)10-3-13(6)4-16-2-1-14/h2*5,7-8H,3-4,6,14H2,1-2H3,(H3,15,17,18,20);3,14H,1-2,4H2,(H3,9,11,12,15)/t2*8-;/m00./s1. The molecular formula is C34H51N17O11. The van der Waals surface area contributed by atoms with E-state index in [1.165, 1.54) is 32.7 Å². The van der Waals surface area contributed by atoms with Gasteiger partial charge < -0.3 is 57.5 Å². The molecule has 0 aliphatic heterocycles. The van der Waals surface area contributed by atoms with Crippen LogP contribution in [0.3, 0.4) is 0 Å². The summed E-state index contributed by atoms with van der Waals surface area (Å²) >= 11 is 0. The van der Waals surface area contributed by atoms with Crippen LogP contribution in [0.15, 0.2) is 33.4 Å². The molecule has 28 heteroatoms. The first-order valence-electron chi connectivity index (χ1n) is 18.8. The first-order valence-corrected chi connectivity index (χ1v) is 18.8. The average molecular weight is 874 g/mol. The highest BCUT2D eigenvalue weighted by atomic mass is 16.6. The number of ether oxygens (including phenoxy) is 5. The molecule has 0 unspecified atom stereocenters. The molecule has 62 heavy (non-hydrogen) atoms. The van der Waals surface area contributed by atoms with E-state index < -0.39 is 35.1 Å². The molecule has 0 aliphatic rings. The van der Waals surface area contributed by atoms with E-state index in [0.717, 1.165) is 0 Å². The van der Waals surface area contributed by atoms with Crippen molar-refractivity contribution in [2.45, 2.75) is 60.0 Å². The largest absolute Gasteiger partial charge is 0.462 e. The summed E-state index contributed by atoms with van der Waals surface area (Å²) in [6.45, 7) is 8.38. The third-order valence-corrected chi connectivity index (χ3v) is 8.33. The van der Waals surface area contributed by atoms with E-state index >= 15 is 0 Å². The van der Waals surface area contributed by atoms with E-state index in [9.17, 15) is 24.0 Å². The molecule has 0 aliphatic carbocycles. The predicted octanol–water partition coefficient (Wildman–Crippen LogP) is -2.93. The van der Waals surface area contributed by atoms with Crippen molar-refractivity contribution in [1.29, 1.82) is 0 Å². The molecule has 2 atom stereocenters. The van der Waals surface area contributed by atoms with Crippen LogP contribution in [0.5, 0.6) is 0 Å². The summed E-state index contributed by atoms with van der Waals surface area (Å²) in [4.78, 5) is 88.6. The number of aromatic nitrogens is 12. The molecule has 0 amide bonds. The Morgan fingerprint density at radius 3 is 1.18 bits per heavy atom. The number of aliphatic hydroxyl groups is 1. The number of aromatic amines is 3. The smallest absolute Gasteiger partial charge is 0.323 e. The zero-order valence-corrected chi connectivity index (χ0v) is 34.3. The van der Waals surface area contributed by atoms with Crippen molar-refractivity contribution in [3.63, 3.8) is 0 Å². The van der Waals surface area contributed by atoms with Gasteiger partial charge in [0.15, 0.2) is 33.5 Å². The van der Waals surface area contributed by atoms with Crippen LogP contribution in [0.1, 0.15) is 27.7 Å². The van der Waals surface area contributed by atoms with Crippen LogP contribution < -0.4 is 45.3 Å². The minimum atomic E-state index is -0.647. The van der Waals surface area contributed by atoms with Gasteiger partial charge in [0.05, 0.1) is 45.4 Å². The van der Waals surface area contributed by atoms with Crippen molar-refractivity contribution in [2.75, 3.05) is 56.8 Å². The molecule has 14 N–H and O–H groups in total. The van der Waals surface area contributed by atoms with Gasteiger partial charge in [-0.15, -0.1) is 0 Å². The molecule has 6 rings (SSSR count). The molecule has 0 bridgehead atoms. The van der Waals surface area contributed by atoms with Crippen LogP contribution in [-0.4, -0.2) is 127 Å². The Morgan fingerprint density at radius 2 is 0.887 bits per heavy atom. The van der Waals surface area contributed by atoms with E-state index in [1.807, 2.05) is 27.7 Å². The fraction of sp³-hybridized carbons (Fsp3) is 0.500. The first-order chi connectivity index (χ1) is 29.5. The molecule has 0 saturated heterocycles. The predicted molar refractivity (Wildman–Crippen MR) is 220 cm³/mol. The third-order valence-electron chi connectivity index (χ3n) is 8.33. The Bertz CT molecular complexity index is 2450. The molecule has 0 spiro atoms. The number of anilines is 3. The normalized spacial score (nSPS) is 12.3. The van der Waals surface area contributed by atoms with Gasteiger partial charge in [0.1, 0.15) is 45.5 Å². The quantitative estimate of drug-likeness (QED) is 0.0308. The maximum Gasteiger partial charge on any atom is 0.323 e. The zero-order valence-electron chi connectivity index (χ0n) is 34.3. The minimum Gasteiger partial charge on any atom is -0.462 e. The van der Waals surface area contributed by atoms with E-state index in [0.29, 0.717) is 16.9 Å². The lowest BCUT2D eigenvalue weighted by atomic mass is 10.1. The molecule has 6 aromatic rings. The van der Waals surface area contributed by atoms with Crippen molar-refractivity contribution < 1.29 is 38.4 Å². The number of hydrogen-bond acceptors (Lipinski definition) is 22. The third kappa shape index (κ3) is 13.1. The Hall–Kier alpha value is -6.85. The van der Waals surface area contributed by atoms with Gasteiger partial charge in [-0.3, -0.25) is 52.6 Å². The van der Waals surface area contributed by atoms with Crippen LogP contribution in [0.25, 0.3) is 33.5 Å². The number of hydrogen-bond donors (Lipinski definition) is 9. The number of nitrogens with zero attached hydrogens (tertiary/aromatic N) is 9. The van der Waals surface area contributed by atoms with Crippen LogP contribution in [0.2, 0.25) is 0 Å². The molecular weight excluding hydrogens is 822 g/mol. The molecule has 0 aromatic carbocycles. The number of nitrogen functional groups attached to an aromatic ring is 3. The molecule has 28 nitrogen and oxygen atoms in total. The maximum absolute atomic E-state index is 11.6. The van der Waals surface area contributed by atoms with E-state index in [-0.39, 0.29) is 112 Å². The fourth-order valence-corrected chi connectivity index (χ4v) is 4.89. The second-order valence-electron chi connectivity index (χ2n) is 13.7. The van der Waals surface area contributed by atoms with Crippen LogP contribution in [0, 0.1) is 11.8 Å². The summed E-state index contributed by atoms with van der Waals surface area (Å²) in [7, 11) is 0. The zero-order chi connectivity index (χ0) is 45.5. The van der Waals surface area contributed by atoms with Gasteiger partial charge in [-0.2, -0.15) is 15.0 Å². The number of esters is 2. The number of aliphatic hydroxyl groups excluding tert-OH is 1. The van der Waals surface area contributed by atoms with E-state index in [1.54, 1.807) is 0 Å². The summed E-state index contributed by atoms with van der Waals surface area (Å²) in [5.74, 6) is -0.871. The lowest BCUT2D eigenvalue weighted by Gasteiger charge is -2.14. The number of H-pyrrole nitrogens is 3. The van der Waals surface area contributed by atoms with Gasteiger partial charge in [0, 0.05) is 0 Å². The van der Waals surface area contributed by atoms with Crippen molar-refractivity contribution in [3.05, 3.63) is 50.0 Å². The summed E-state index contributed by atoms with van der Waals surface area (Å²) in [5, 5.41) is 8.56. The highest BCUT2D eigenvalue weighted by molar-refractivity contribution is 5.76. The number of fused-ring (bicyclic) bond motifs is 3. The molecule has 0 radical (unpaired) electrons. The van der Waals surface area contributed by atoms with Gasteiger partial charge in [-0.05, 0) is 11.8 Å². The maximum atomic E-state index is 11.6. The van der Waals surface area contributed by atoms with Crippen LogP contribution >= 0.6 is 0 Å². The molecule has 0 saturated carbocycles. The second kappa shape index (κ2) is 22.7. The first kappa shape index (κ1) is 47.8. The van der Waals surface area contributed by atoms with Gasteiger partial charge >= 0.3 is 11.9 Å². The van der Waals surface area contributed by atoms with Gasteiger partial charge in [0.25, 0.3) is 16.7 Å². The van der Waals surface area contributed by atoms with E-state index in [4.69, 9.17) is 57.5 Å². The minimum absolute atomic E-state index is 0.000790. The Labute approximate surface area is 350 Å². The summed E-state index contributed by atoms with van der Waals surface area (Å²) in [5.41, 5.74) is 28.1. The van der Waals surface area contributed by atoms with Gasteiger partial charge in [0.2, 0.25) is 17.8 Å². The SMILES string of the molecule is CC(C)[C@H](N)C(=O)OCCOCn1cnc2c(=O)[nH]c(N)nc21.CC(C)[C@H](N)C(=O)OCCOCn1cnc2c(=O)[nH]c(N)nc21.Nc1nc2c(ncn2COCCO)c(=O)[nH]1. The van der Waals surface area contributed by atoms with E-state index in [2.05, 4.69) is 44.9 Å². The van der Waals surface area contributed by atoms with Gasteiger partial charge in [-0.25, -0.2) is 15.0 Å². The molecule has 0 fully saturated rings. The number of rotatable bonds is 18. The van der Waals surface area contributed by atoms with Crippen molar-refractivity contribution in [3.8, 4) is 0 Å². The monoisotopic (exact) mass is 873 g/mol. The number of carbonyl (C=O) groups is 2. The Balaban J connectivity index is 0.000000208. The molecule has 6 heterocycles. The highest BCUT2D eigenvalue weighted by Gasteiger charge is 2.19. The summed E-state index contributed by atoms with van der Waals surface area (Å²) in [6, 6.07) is -1.29. The van der Waals surface area contributed by atoms with Crippen molar-refractivity contribution >= 4 is 63.3 Å². The van der Waals surface area contributed by atoms with Gasteiger partial charge in [-0.1, -0.05) is 27.7 Å². The second-order valence-corrected chi connectivity index (χ2v) is 13.7. The summed E-state index contributed by atoms with van der Waals surface area (Å²) < 4.78 is 30.4. The summed E-state index contributed by atoms with van der Waals surface area (Å²) in [6.07, 6.45) is 4.28. The lowest BCUT2D eigenvalue weighted by Crippen LogP contribution is -2.37. The van der Waals surface area contributed by atoms with Crippen molar-refractivity contribution in [1.82, 2.24) is 58.6 Å². The molecule has 6 aromatic heterocycles. The number of imidazole rings is 3. The Kier molecular flexibility index (Phi) is 17.5. The van der Waals surface area contributed by atoms with Crippen LogP contribution in [0.4, 0.5) is 17.8 Å². The molecule has 338 valence electrons. The fourth-order valence-electron chi connectivity index (χ4n) is 4.89. The highest BCUT2D eigenvalue weighted by Crippen LogP contribution is 2.09. The Morgan fingerprint density at radius 1 is 0.581 bits per heavy atom. The lowest BCUT2D eigenvalue weighted by molar-refractivity contribution is -0.149.